The molecule has 3 nitrogen and oxygen atoms in total. The molecule has 2 aromatic heterocycles. The van der Waals surface area contributed by atoms with Crippen LogP contribution in [-0.2, 0) is 0 Å². The zero-order chi connectivity index (χ0) is 13.1. The van der Waals surface area contributed by atoms with Gasteiger partial charge in [-0.15, -0.1) is 0 Å². The van der Waals surface area contributed by atoms with E-state index >= 15 is 0 Å². The number of rotatable bonds is 3. The maximum Gasteiger partial charge on any atom is 0.0703 e. The zero-order valence-corrected chi connectivity index (χ0v) is 10.7. The minimum absolute atomic E-state index is 0.225. The lowest BCUT2D eigenvalue weighted by molar-refractivity contribution is 0.876. The molecule has 3 heteroatoms. The first-order valence-electron chi connectivity index (χ1n) is 6.34. The van der Waals surface area contributed by atoms with E-state index < -0.39 is 0 Å². The minimum Gasteiger partial charge on any atom is -0.378 e. The highest BCUT2D eigenvalue weighted by Crippen LogP contribution is 2.21. The van der Waals surface area contributed by atoms with Crippen molar-refractivity contribution in [2.75, 3.05) is 5.32 Å². The van der Waals surface area contributed by atoms with E-state index in [0.29, 0.717) is 0 Å². The van der Waals surface area contributed by atoms with Gasteiger partial charge in [-0.2, -0.15) is 0 Å². The third kappa shape index (κ3) is 2.55. The quantitative estimate of drug-likeness (QED) is 0.767. The zero-order valence-electron chi connectivity index (χ0n) is 10.7. The Balaban J connectivity index is 1.85. The van der Waals surface area contributed by atoms with Crippen molar-refractivity contribution in [2.45, 2.75) is 13.0 Å². The van der Waals surface area contributed by atoms with Crippen LogP contribution >= 0.6 is 0 Å². The smallest absolute Gasteiger partial charge is 0.0703 e. The number of fused-ring (bicyclic) bond motifs is 1. The van der Waals surface area contributed by atoms with Crippen molar-refractivity contribution in [3.63, 3.8) is 0 Å². The fourth-order valence-electron chi connectivity index (χ4n) is 2.13. The lowest BCUT2D eigenvalue weighted by Gasteiger charge is -2.15. The molecule has 0 fully saturated rings. The first-order chi connectivity index (χ1) is 9.33. The molecule has 0 saturated heterocycles. The van der Waals surface area contributed by atoms with E-state index in [4.69, 9.17) is 0 Å². The number of nitrogens with zero attached hydrogens (tertiary/aromatic N) is 2. The maximum atomic E-state index is 4.32. The highest BCUT2D eigenvalue weighted by Gasteiger charge is 2.05. The SMILES string of the molecule is CC(Nc1ccc2ncccc2c1)c1cccnc1. The van der Waals surface area contributed by atoms with Crippen molar-refractivity contribution < 1.29 is 0 Å². The van der Waals surface area contributed by atoms with Gasteiger partial charge in [0.25, 0.3) is 0 Å². The molecule has 0 amide bonds. The summed E-state index contributed by atoms with van der Waals surface area (Å²) in [4.78, 5) is 8.47. The molecule has 0 spiro atoms. The summed E-state index contributed by atoms with van der Waals surface area (Å²) in [5, 5.41) is 4.63. The molecular weight excluding hydrogens is 234 g/mol. The van der Waals surface area contributed by atoms with Crippen molar-refractivity contribution in [2.24, 2.45) is 0 Å². The van der Waals surface area contributed by atoms with Gasteiger partial charge < -0.3 is 5.32 Å². The fourth-order valence-corrected chi connectivity index (χ4v) is 2.13. The van der Waals surface area contributed by atoms with E-state index in [2.05, 4.69) is 46.5 Å². The molecule has 94 valence electrons. The molecule has 0 aliphatic rings. The highest BCUT2D eigenvalue weighted by molar-refractivity contribution is 5.82. The van der Waals surface area contributed by atoms with Crippen molar-refractivity contribution >= 4 is 16.6 Å². The Morgan fingerprint density at radius 1 is 1.05 bits per heavy atom. The van der Waals surface area contributed by atoms with Gasteiger partial charge in [-0.25, -0.2) is 0 Å². The van der Waals surface area contributed by atoms with Gasteiger partial charge in [0.1, 0.15) is 0 Å². The van der Waals surface area contributed by atoms with Crippen molar-refractivity contribution in [3.05, 3.63) is 66.6 Å². The van der Waals surface area contributed by atoms with Gasteiger partial charge >= 0.3 is 0 Å². The van der Waals surface area contributed by atoms with E-state index in [1.54, 1.807) is 6.20 Å². The monoisotopic (exact) mass is 249 g/mol. The number of benzene rings is 1. The number of hydrogen-bond donors (Lipinski definition) is 1. The predicted molar refractivity (Wildman–Crippen MR) is 78.0 cm³/mol. The average molecular weight is 249 g/mol. The predicted octanol–water partition coefficient (Wildman–Crippen LogP) is 3.80. The van der Waals surface area contributed by atoms with Crippen LogP contribution in [0.3, 0.4) is 0 Å². The van der Waals surface area contributed by atoms with E-state index in [-0.39, 0.29) is 6.04 Å². The van der Waals surface area contributed by atoms with Gasteiger partial charge in [-0.3, -0.25) is 9.97 Å². The third-order valence-corrected chi connectivity index (χ3v) is 3.17. The Bertz CT molecular complexity index is 680. The van der Waals surface area contributed by atoms with Gasteiger partial charge in [-0.05, 0) is 42.8 Å². The van der Waals surface area contributed by atoms with Crippen LogP contribution in [-0.4, -0.2) is 9.97 Å². The van der Waals surface area contributed by atoms with Gasteiger partial charge in [0.05, 0.1) is 11.6 Å². The Hall–Kier alpha value is -2.42. The van der Waals surface area contributed by atoms with Crippen LogP contribution in [0.4, 0.5) is 5.69 Å². The largest absolute Gasteiger partial charge is 0.378 e. The van der Waals surface area contributed by atoms with Gasteiger partial charge in [0.2, 0.25) is 0 Å². The summed E-state index contributed by atoms with van der Waals surface area (Å²) >= 11 is 0. The molecule has 0 saturated carbocycles. The van der Waals surface area contributed by atoms with Crippen LogP contribution in [0.1, 0.15) is 18.5 Å². The summed E-state index contributed by atoms with van der Waals surface area (Å²) in [7, 11) is 0. The molecule has 3 rings (SSSR count). The van der Waals surface area contributed by atoms with Crippen molar-refractivity contribution in [1.29, 1.82) is 0 Å². The number of hydrogen-bond acceptors (Lipinski definition) is 3. The molecule has 1 atom stereocenters. The fraction of sp³-hybridized carbons (Fsp3) is 0.125. The molecular formula is C16H15N3. The first-order valence-corrected chi connectivity index (χ1v) is 6.34. The van der Waals surface area contributed by atoms with Crippen LogP contribution in [0.2, 0.25) is 0 Å². The standard InChI is InChI=1S/C16H15N3/c1-12(14-5-2-8-17-11-14)19-15-6-7-16-13(10-15)4-3-9-18-16/h2-12,19H,1H3. The van der Waals surface area contributed by atoms with E-state index in [0.717, 1.165) is 16.6 Å². The Morgan fingerprint density at radius 2 is 1.95 bits per heavy atom. The lowest BCUT2D eigenvalue weighted by Crippen LogP contribution is -2.06. The van der Waals surface area contributed by atoms with Crippen LogP contribution in [0.15, 0.2) is 61.1 Å². The highest BCUT2D eigenvalue weighted by atomic mass is 14.9. The van der Waals surface area contributed by atoms with Gasteiger partial charge in [0, 0.05) is 29.7 Å². The topological polar surface area (TPSA) is 37.8 Å². The summed E-state index contributed by atoms with van der Waals surface area (Å²) in [5.74, 6) is 0. The molecule has 0 aliphatic heterocycles. The van der Waals surface area contributed by atoms with Crippen LogP contribution in [0.25, 0.3) is 10.9 Å². The number of anilines is 1. The first kappa shape index (κ1) is 11.7. The number of nitrogens with one attached hydrogen (secondary N) is 1. The second-order valence-electron chi connectivity index (χ2n) is 4.56. The molecule has 1 unspecified atom stereocenters. The number of pyridine rings is 2. The van der Waals surface area contributed by atoms with Crippen molar-refractivity contribution in [3.8, 4) is 0 Å². The van der Waals surface area contributed by atoms with Crippen molar-refractivity contribution in [1.82, 2.24) is 9.97 Å². The summed E-state index contributed by atoms with van der Waals surface area (Å²) in [6, 6.07) is 14.5. The molecule has 3 aromatic rings. The van der Waals surface area contributed by atoms with E-state index in [1.807, 2.05) is 30.6 Å². The molecule has 1 aromatic carbocycles. The Morgan fingerprint density at radius 3 is 2.79 bits per heavy atom. The summed E-state index contributed by atoms with van der Waals surface area (Å²) in [6.07, 6.45) is 5.49. The molecule has 1 N–H and O–H groups in total. The molecule has 19 heavy (non-hydrogen) atoms. The second-order valence-corrected chi connectivity index (χ2v) is 4.56. The molecule has 0 radical (unpaired) electrons. The maximum absolute atomic E-state index is 4.32. The third-order valence-electron chi connectivity index (χ3n) is 3.17. The van der Waals surface area contributed by atoms with Crippen LogP contribution in [0.5, 0.6) is 0 Å². The number of aromatic nitrogens is 2. The molecule has 0 aliphatic carbocycles. The van der Waals surface area contributed by atoms with Crippen LogP contribution in [0, 0.1) is 0 Å². The average Bonchev–Trinajstić information content (AvgIpc) is 2.48. The summed E-state index contributed by atoms with van der Waals surface area (Å²) < 4.78 is 0. The van der Waals surface area contributed by atoms with Gasteiger partial charge in [0.15, 0.2) is 0 Å². The lowest BCUT2D eigenvalue weighted by atomic mass is 10.1. The normalized spacial score (nSPS) is 12.3. The van der Waals surface area contributed by atoms with E-state index in [1.165, 1.54) is 5.56 Å². The molecule has 2 heterocycles. The van der Waals surface area contributed by atoms with Crippen LogP contribution < -0.4 is 5.32 Å². The Labute approximate surface area is 112 Å². The van der Waals surface area contributed by atoms with Gasteiger partial charge in [-0.1, -0.05) is 12.1 Å². The molecule has 0 bridgehead atoms. The summed E-state index contributed by atoms with van der Waals surface area (Å²) in [5.41, 5.74) is 3.28. The summed E-state index contributed by atoms with van der Waals surface area (Å²) in [6.45, 7) is 2.13. The second kappa shape index (κ2) is 5.06. The van der Waals surface area contributed by atoms with E-state index in [9.17, 15) is 0 Å². The minimum atomic E-state index is 0.225. The Kier molecular flexibility index (Phi) is 3.11.